The number of hydrogen-bond acceptors (Lipinski definition) is 3. The van der Waals surface area contributed by atoms with Gasteiger partial charge in [0.1, 0.15) is 5.75 Å². The fourth-order valence-corrected chi connectivity index (χ4v) is 2.02. The van der Waals surface area contributed by atoms with Crippen LogP contribution in [-0.2, 0) is 18.3 Å². The van der Waals surface area contributed by atoms with E-state index in [1.54, 1.807) is 29.8 Å². The molecular formula is C13H13NO4. The monoisotopic (exact) mass is 247 g/mol. The van der Waals surface area contributed by atoms with Gasteiger partial charge in [0.2, 0.25) is 0 Å². The van der Waals surface area contributed by atoms with Crippen LogP contribution in [0.5, 0.6) is 5.75 Å². The maximum absolute atomic E-state index is 12.0. The second-order valence-corrected chi connectivity index (χ2v) is 3.98. The number of rotatable bonds is 3. The van der Waals surface area contributed by atoms with Crippen LogP contribution in [0.15, 0.2) is 29.1 Å². The van der Waals surface area contributed by atoms with Gasteiger partial charge in [0.15, 0.2) is 5.43 Å². The molecule has 2 rings (SSSR count). The number of ether oxygens (including phenoxy) is 1. The molecule has 94 valence electrons. The van der Waals surface area contributed by atoms with E-state index in [1.165, 1.54) is 13.2 Å². The van der Waals surface area contributed by atoms with Crippen LogP contribution in [0.2, 0.25) is 0 Å². The van der Waals surface area contributed by atoms with Crippen molar-refractivity contribution in [3.8, 4) is 5.75 Å². The van der Waals surface area contributed by atoms with Gasteiger partial charge in [0.05, 0.1) is 24.4 Å². The number of pyridine rings is 1. The van der Waals surface area contributed by atoms with Gasteiger partial charge in [-0.2, -0.15) is 0 Å². The van der Waals surface area contributed by atoms with Gasteiger partial charge in [-0.25, -0.2) is 0 Å². The van der Waals surface area contributed by atoms with E-state index in [0.717, 1.165) is 0 Å². The van der Waals surface area contributed by atoms with Gasteiger partial charge >= 0.3 is 5.97 Å². The van der Waals surface area contributed by atoms with E-state index in [9.17, 15) is 9.59 Å². The molecule has 0 atom stereocenters. The molecule has 1 heterocycles. The number of nitrogens with zero attached hydrogens (tertiary/aromatic N) is 1. The maximum atomic E-state index is 12.0. The van der Waals surface area contributed by atoms with Crippen LogP contribution in [0.3, 0.4) is 0 Å². The van der Waals surface area contributed by atoms with E-state index in [2.05, 4.69) is 0 Å². The third-order valence-corrected chi connectivity index (χ3v) is 2.89. The van der Waals surface area contributed by atoms with Gasteiger partial charge in [-0.15, -0.1) is 0 Å². The van der Waals surface area contributed by atoms with Crippen molar-refractivity contribution in [3.05, 3.63) is 40.2 Å². The van der Waals surface area contributed by atoms with Gasteiger partial charge < -0.3 is 14.4 Å². The lowest BCUT2D eigenvalue weighted by molar-refractivity contribution is -0.136. The SMILES string of the molecule is COc1cccc2c1c(=O)cc(CC(=O)O)n2C. The lowest BCUT2D eigenvalue weighted by Crippen LogP contribution is -2.15. The summed E-state index contributed by atoms with van der Waals surface area (Å²) in [5, 5.41) is 9.28. The highest BCUT2D eigenvalue weighted by Crippen LogP contribution is 2.22. The number of aliphatic carboxylic acids is 1. The third kappa shape index (κ3) is 1.95. The summed E-state index contributed by atoms with van der Waals surface area (Å²) in [6.07, 6.45) is -0.182. The Morgan fingerprint density at radius 3 is 2.78 bits per heavy atom. The summed E-state index contributed by atoms with van der Waals surface area (Å²) in [6.45, 7) is 0. The standard InChI is InChI=1S/C13H13NO4/c1-14-8(7-12(16)17)6-10(15)13-9(14)4-3-5-11(13)18-2/h3-6H,7H2,1-2H3,(H,16,17). The normalized spacial score (nSPS) is 10.6. The first-order valence-corrected chi connectivity index (χ1v) is 5.42. The largest absolute Gasteiger partial charge is 0.496 e. The predicted octanol–water partition coefficient (Wildman–Crippen LogP) is 1.17. The first-order valence-electron chi connectivity index (χ1n) is 5.42. The number of methoxy groups -OCH3 is 1. The maximum Gasteiger partial charge on any atom is 0.309 e. The topological polar surface area (TPSA) is 68.5 Å². The highest BCUT2D eigenvalue weighted by Gasteiger charge is 2.12. The third-order valence-electron chi connectivity index (χ3n) is 2.89. The number of carboxylic acid groups (broad SMARTS) is 1. The van der Waals surface area contributed by atoms with Gasteiger partial charge in [0.25, 0.3) is 0 Å². The first-order chi connectivity index (χ1) is 8.54. The van der Waals surface area contributed by atoms with E-state index in [4.69, 9.17) is 9.84 Å². The van der Waals surface area contributed by atoms with Crippen molar-refractivity contribution in [2.24, 2.45) is 7.05 Å². The zero-order chi connectivity index (χ0) is 13.3. The molecule has 5 nitrogen and oxygen atoms in total. The van der Waals surface area contributed by atoms with E-state index in [1.807, 2.05) is 0 Å². The summed E-state index contributed by atoms with van der Waals surface area (Å²) in [5.41, 5.74) is 0.906. The fraction of sp³-hybridized carbons (Fsp3) is 0.231. The van der Waals surface area contributed by atoms with E-state index in [-0.39, 0.29) is 11.8 Å². The molecule has 0 aliphatic heterocycles. The molecule has 0 spiro atoms. The minimum atomic E-state index is -0.966. The average Bonchev–Trinajstić information content (AvgIpc) is 2.34. The van der Waals surface area contributed by atoms with Crippen LogP contribution >= 0.6 is 0 Å². The number of benzene rings is 1. The fourth-order valence-electron chi connectivity index (χ4n) is 2.02. The van der Waals surface area contributed by atoms with Gasteiger partial charge in [-0.3, -0.25) is 9.59 Å². The van der Waals surface area contributed by atoms with Crippen molar-refractivity contribution in [2.45, 2.75) is 6.42 Å². The van der Waals surface area contributed by atoms with E-state index >= 15 is 0 Å². The van der Waals surface area contributed by atoms with Crippen LogP contribution in [0, 0.1) is 0 Å². The Hall–Kier alpha value is -2.30. The Balaban J connectivity index is 2.80. The number of carbonyl (C=O) groups is 1. The van der Waals surface area contributed by atoms with Crippen LogP contribution in [0.1, 0.15) is 5.69 Å². The zero-order valence-corrected chi connectivity index (χ0v) is 10.1. The van der Waals surface area contributed by atoms with Crippen molar-refractivity contribution in [1.29, 1.82) is 0 Å². The molecule has 0 aliphatic carbocycles. The predicted molar refractivity (Wildman–Crippen MR) is 67.1 cm³/mol. The van der Waals surface area contributed by atoms with E-state index < -0.39 is 5.97 Å². The van der Waals surface area contributed by atoms with Crippen molar-refractivity contribution in [3.63, 3.8) is 0 Å². The molecule has 0 amide bonds. The number of hydrogen-bond donors (Lipinski definition) is 1. The molecule has 0 saturated carbocycles. The lowest BCUT2D eigenvalue weighted by Gasteiger charge is -2.12. The van der Waals surface area contributed by atoms with Crippen LogP contribution in [0.25, 0.3) is 10.9 Å². The molecule has 0 aliphatic rings. The van der Waals surface area contributed by atoms with Crippen molar-refractivity contribution in [2.75, 3.05) is 7.11 Å². The Labute approximate surface area is 103 Å². The minimum absolute atomic E-state index is 0.182. The first kappa shape index (κ1) is 12.2. The van der Waals surface area contributed by atoms with Crippen molar-refractivity contribution in [1.82, 2.24) is 4.57 Å². The molecule has 1 aromatic carbocycles. The summed E-state index contributed by atoms with van der Waals surface area (Å²) >= 11 is 0. The summed E-state index contributed by atoms with van der Waals surface area (Å²) in [5.74, 6) is -0.470. The molecule has 0 unspecified atom stereocenters. The van der Waals surface area contributed by atoms with Gasteiger partial charge in [-0.1, -0.05) is 6.07 Å². The van der Waals surface area contributed by atoms with Gasteiger partial charge in [-0.05, 0) is 12.1 Å². The summed E-state index contributed by atoms with van der Waals surface area (Å²) in [4.78, 5) is 22.8. The van der Waals surface area contributed by atoms with Crippen LogP contribution in [-0.4, -0.2) is 22.8 Å². The smallest absolute Gasteiger partial charge is 0.309 e. The van der Waals surface area contributed by atoms with Crippen LogP contribution in [0.4, 0.5) is 0 Å². The van der Waals surface area contributed by atoms with Gasteiger partial charge in [0, 0.05) is 18.8 Å². The Morgan fingerprint density at radius 1 is 1.44 bits per heavy atom. The number of carboxylic acids is 1. The average molecular weight is 247 g/mol. The molecule has 2 aromatic rings. The second kappa shape index (κ2) is 4.52. The Morgan fingerprint density at radius 2 is 2.17 bits per heavy atom. The zero-order valence-electron chi connectivity index (χ0n) is 10.1. The highest BCUT2D eigenvalue weighted by molar-refractivity contribution is 5.86. The highest BCUT2D eigenvalue weighted by atomic mass is 16.5. The number of aromatic nitrogens is 1. The summed E-state index contributed by atoms with van der Waals surface area (Å²) in [7, 11) is 3.23. The van der Waals surface area contributed by atoms with Crippen molar-refractivity contribution < 1.29 is 14.6 Å². The molecule has 1 N–H and O–H groups in total. The Kier molecular flexibility index (Phi) is 3.06. The Bertz CT molecular complexity index is 672. The molecule has 0 saturated heterocycles. The molecule has 0 radical (unpaired) electrons. The number of aryl methyl sites for hydroxylation is 1. The quantitative estimate of drug-likeness (QED) is 0.884. The van der Waals surface area contributed by atoms with E-state index in [0.29, 0.717) is 22.3 Å². The van der Waals surface area contributed by atoms with Crippen molar-refractivity contribution >= 4 is 16.9 Å². The molecule has 5 heteroatoms. The lowest BCUT2D eigenvalue weighted by atomic mass is 10.1. The van der Waals surface area contributed by atoms with Crippen LogP contribution < -0.4 is 10.2 Å². The number of fused-ring (bicyclic) bond motifs is 1. The second-order valence-electron chi connectivity index (χ2n) is 3.98. The summed E-state index contributed by atoms with van der Waals surface area (Å²) in [6, 6.07) is 6.59. The molecule has 0 bridgehead atoms. The molecule has 18 heavy (non-hydrogen) atoms. The molecule has 0 fully saturated rings. The molecular weight excluding hydrogens is 234 g/mol. The molecule has 1 aromatic heterocycles. The summed E-state index contributed by atoms with van der Waals surface area (Å²) < 4.78 is 6.86. The minimum Gasteiger partial charge on any atom is -0.496 e.